The van der Waals surface area contributed by atoms with Crippen molar-refractivity contribution in [3.63, 3.8) is 0 Å². The maximum atomic E-state index is 12.2. The molecule has 8 heteroatoms. The van der Waals surface area contributed by atoms with E-state index in [4.69, 9.17) is 9.84 Å². The molecule has 112 valence electrons. The van der Waals surface area contributed by atoms with E-state index in [1.165, 1.54) is 37.6 Å². The quantitative estimate of drug-likeness (QED) is 0.873. The summed E-state index contributed by atoms with van der Waals surface area (Å²) >= 11 is 0. The van der Waals surface area contributed by atoms with Gasteiger partial charge in [-0.25, -0.2) is 13.2 Å². The van der Waals surface area contributed by atoms with Crippen molar-refractivity contribution >= 4 is 21.7 Å². The van der Waals surface area contributed by atoms with Crippen molar-refractivity contribution in [1.82, 2.24) is 4.57 Å². The Morgan fingerprint density at radius 2 is 2.05 bits per heavy atom. The predicted molar refractivity (Wildman–Crippen MR) is 76.2 cm³/mol. The molecule has 0 spiro atoms. The zero-order chi connectivity index (χ0) is 15.6. The molecule has 0 aliphatic heterocycles. The number of methoxy groups -OCH3 is 1. The Bertz CT molecular complexity index is 780. The number of hydrogen-bond acceptors (Lipinski definition) is 4. The van der Waals surface area contributed by atoms with Gasteiger partial charge in [-0.05, 0) is 18.2 Å². The van der Waals surface area contributed by atoms with Gasteiger partial charge in [0.1, 0.15) is 10.6 Å². The number of hydrogen-bond donors (Lipinski definition) is 2. The number of carboxylic acid groups (broad SMARTS) is 1. The Balaban J connectivity index is 2.44. The van der Waals surface area contributed by atoms with E-state index in [1.54, 1.807) is 17.8 Å². The molecule has 0 atom stereocenters. The Labute approximate surface area is 121 Å². The van der Waals surface area contributed by atoms with Gasteiger partial charge in [0.15, 0.2) is 0 Å². The van der Waals surface area contributed by atoms with Crippen molar-refractivity contribution in [2.45, 2.75) is 4.90 Å². The number of sulfonamides is 1. The first-order valence-corrected chi connectivity index (χ1v) is 7.38. The number of anilines is 1. The van der Waals surface area contributed by atoms with Crippen LogP contribution in [0, 0.1) is 0 Å². The molecule has 2 aromatic rings. The minimum Gasteiger partial charge on any atom is -0.497 e. The lowest BCUT2D eigenvalue weighted by atomic mass is 10.2. The number of aromatic nitrogens is 1. The number of nitrogens with one attached hydrogen (secondary N) is 1. The topological polar surface area (TPSA) is 97.6 Å². The Hall–Kier alpha value is -2.48. The Morgan fingerprint density at radius 3 is 2.57 bits per heavy atom. The summed E-state index contributed by atoms with van der Waals surface area (Å²) in [4.78, 5) is 11.2. The first-order chi connectivity index (χ1) is 9.83. The lowest BCUT2D eigenvalue weighted by Crippen LogP contribution is -2.15. The van der Waals surface area contributed by atoms with Crippen LogP contribution in [-0.2, 0) is 17.1 Å². The highest BCUT2D eigenvalue weighted by molar-refractivity contribution is 7.92. The zero-order valence-electron chi connectivity index (χ0n) is 11.4. The van der Waals surface area contributed by atoms with Crippen molar-refractivity contribution in [2.75, 3.05) is 11.8 Å². The van der Waals surface area contributed by atoms with E-state index in [1.807, 2.05) is 0 Å². The van der Waals surface area contributed by atoms with Crippen molar-refractivity contribution in [2.24, 2.45) is 7.05 Å². The van der Waals surface area contributed by atoms with Crippen LogP contribution in [0.4, 0.5) is 5.69 Å². The summed E-state index contributed by atoms with van der Waals surface area (Å²) < 4.78 is 33.3. The van der Waals surface area contributed by atoms with E-state index < -0.39 is 16.0 Å². The van der Waals surface area contributed by atoms with Crippen LogP contribution < -0.4 is 9.46 Å². The van der Waals surface area contributed by atoms with Gasteiger partial charge in [-0.1, -0.05) is 0 Å². The van der Waals surface area contributed by atoms with Crippen LogP contribution in [-0.4, -0.2) is 31.2 Å². The Kier molecular flexibility index (Phi) is 3.90. The SMILES string of the molecule is COc1ccc(C(=O)O)c(NS(=O)(=O)c2ccn(C)c2)c1. The molecule has 1 aromatic heterocycles. The second kappa shape index (κ2) is 5.49. The third-order valence-electron chi connectivity index (χ3n) is 2.82. The summed E-state index contributed by atoms with van der Waals surface area (Å²) in [6.45, 7) is 0. The van der Waals surface area contributed by atoms with Crippen LogP contribution in [0.1, 0.15) is 10.4 Å². The van der Waals surface area contributed by atoms with Crippen LogP contribution in [0.5, 0.6) is 5.75 Å². The van der Waals surface area contributed by atoms with E-state index >= 15 is 0 Å². The highest BCUT2D eigenvalue weighted by Gasteiger charge is 2.19. The number of aryl methyl sites for hydroxylation is 1. The third kappa shape index (κ3) is 3.16. The molecule has 0 radical (unpaired) electrons. The largest absolute Gasteiger partial charge is 0.497 e. The van der Waals surface area contributed by atoms with Gasteiger partial charge in [0.2, 0.25) is 0 Å². The van der Waals surface area contributed by atoms with Crippen LogP contribution >= 0.6 is 0 Å². The van der Waals surface area contributed by atoms with Gasteiger partial charge in [0.05, 0.1) is 18.4 Å². The second-order valence-electron chi connectivity index (χ2n) is 4.33. The van der Waals surface area contributed by atoms with Crippen LogP contribution in [0.3, 0.4) is 0 Å². The van der Waals surface area contributed by atoms with Gasteiger partial charge in [-0.15, -0.1) is 0 Å². The lowest BCUT2D eigenvalue weighted by molar-refractivity contribution is 0.0698. The van der Waals surface area contributed by atoms with Crippen molar-refractivity contribution < 1.29 is 23.1 Å². The van der Waals surface area contributed by atoms with Gasteiger partial charge < -0.3 is 14.4 Å². The number of carbonyl (C=O) groups is 1. The molecule has 2 N–H and O–H groups in total. The smallest absolute Gasteiger partial charge is 0.337 e. The van der Waals surface area contributed by atoms with Gasteiger partial charge in [0, 0.05) is 25.5 Å². The minimum absolute atomic E-state index is 0.0455. The molecular weight excluding hydrogens is 296 g/mol. The molecule has 0 aliphatic rings. The molecule has 0 bridgehead atoms. The third-order valence-corrected chi connectivity index (χ3v) is 4.17. The molecule has 0 aliphatic carbocycles. The first-order valence-electron chi connectivity index (χ1n) is 5.89. The van der Waals surface area contributed by atoms with Crippen molar-refractivity contribution in [3.8, 4) is 5.75 Å². The fraction of sp³-hybridized carbons (Fsp3) is 0.154. The maximum Gasteiger partial charge on any atom is 0.337 e. The average Bonchev–Trinajstić information content (AvgIpc) is 2.85. The van der Waals surface area contributed by atoms with E-state index in [9.17, 15) is 13.2 Å². The first kappa shape index (κ1) is 14.9. The summed E-state index contributed by atoms with van der Waals surface area (Å²) in [5, 5.41) is 9.12. The zero-order valence-corrected chi connectivity index (χ0v) is 12.2. The molecule has 0 unspecified atom stereocenters. The molecule has 21 heavy (non-hydrogen) atoms. The van der Waals surface area contributed by atoms with Crippen molar-refractivity contribution in [3.05, 3.63) is 42.2 Å². The number of nitrogens with zero attached hydrogens (tertiary/aromatic N) is 1. The summed E-state index contributed by atoms with van der Waals surface area (Å²) in [7, 11) is -0.767. The summed E-state index contributed by atoms with van der Waals surface area (Å²) in [6.07, 6.45) is 3.00. The molecule has 0 fully saturated rings. The average molecular weight is 310 g/mol. The molecule has 0 amide bonds. The highest BCUT2D eigenvalue weighted by atomic mass is 32.2. The number of ether oxygens (including phenoxy) is 1. The number of benzene rings is 1. The second-order valence-corrected chi connectivity index (χ2v) is 6.02. The standard InChI is InChI=1S/C13H14N2O5S/c1-15-6-5-10(8-15)21(18,19)14-12-7-9(20-2)3-4-11(12)13(16)17/h3-8,14H,1-2H3,(H,16,17). The van der Waals surface area contributed by atoms with Gasteiger partial charge >= 0.3 is 5.97 Å². The number of rotatable bonds is 5. The molecule has 0 saturated carbocycles. The molecular formula is C13H14N2O5S. The lowest BCUT2D eigenvalue weighted by Gasteiger charge is -2.11. The number of carboxylic acids is 1. The van der Waals surface area contributed by atoms with Crippen LogP contribution in [0.15, 0.2) is 41.6 Å². The fourth-order valence-electron chi connectivity index (χ4n) is 1.76. The molecule has 0 saturated heterocycles. The van der Waals surface area contributed by atoms with Gasteiger partial charge in [-0.3, -0.25) is 4.72 Å². The van der Waals surface area contributed by atoms with Crippen LogP contribution in [0.25, 0.3) is 0 Å². The van der Waals surface area contributed by atoms with E-state index in [2.05, 4.69) is 4.72 Å². The van der Waals surface area contributed by atoms with Gasteiger partial charge in [0.25, 0.3) is 10.0 Å². The predicted octanol–water partition coefficient (Wildman–Crippen LogP) is 1.53. The molecule has 1 heterocycles. The number of aromatic carboxylic acids is 1. The molecule has 2 rings (SSSR count). The monoisotopic (exact) mass is 310 g/mol. The summed E-state index contributed by atoms with van der Waals surface area (Å²) in [5.41, 5.74) is -0.207. The van der Waals surface area contributed by atoms with E-state index in [-0.39, 0.29) is 16.1 Å². The maximum absolute atomic E-state index is 12.2. The van der Waals surface area contributed by atoms with Crippen molar-refractivity contribution in [1.29, 1.82) is 0 Å². The summed E-state index contributed by atoms with van der Waals surface area (Å²) in [5.74, 6) is -0.880. The Morgan fingerprint density at radius 1 is 1.33 bits per heavy atom. The van der Waals surface area contributed by atoms with Crippen LogP contribution in [0.2, 0.25) is 0 Å². The van der Waals surface area contributed by atoms with E-state index in [0.717, 1.165) is 0 Å². The summed E-state index contributed by atoms with van der Waals surface area (Å²) in [6, 6.07) is 5.47. The molecule has 1 aromatic carbocycles. The molecule has 7 nitrogen and oxygen atoms in total. The fourth-order valence-corrected chi connectivity index (χ4v) is 2.88. The minimum atomic E-state index is -3.86. The normalized spacial score (nSPS) is 11.1. The van der Waals surface area contributed by atoms with E-state index in [0.29, 0.717) is 5.75 Å². The highest BCUT2D eigenvalue weighted by Crippen LogP contribution is 2.25. The van der Waals surface area contributed by atoms with Gasteiger partial charge in [-0.2, -0.15) is 0 Å².